The van der Waals surface area contributed by atoms with Crippen LogP contribution in [0.3, 0.4) is 0 Å². The van der Waals surface area contributed by atoms with E-state index in [4.69, 9.17) is 5.73 Å². The predicted octanol–water partition coefficient (Wildman–Crippen LogP) is 10.7. The number of carbonyl (C=O) groups is 1. The molecule has 3 aliphatic carbocycles. The largest absolute Gasteiger partial charge is 0.481 e. The summed E-state index contributed by atoms with van der Waals surface area (Å²) < 4.78 is 0. The van der Waals surface area contributed by atoms with Crippen LogP contribution in [-0.2, 0) is 16.6 Å². The van der Waals surface area contributed by atoms with Crippen molar-refractivity contribution in [2.75, 3.05) is 6.54 Å². The summed E-state index contributed by atoms with van der Waals surface area (Å²) in [6.45, 7) is 0.617. The standard InChI is InChI=1S/C43H61NO2/c44-31-28-39-37(26-27-41(40(39)33-42(45)46)43(29-14-5-15-30-43)38-22-12-4-13-23-38)32-36(25-24-35-19-9-2-10-20-35)21-11-3-8-18-34-16-6-1-7-17-34/h2-4,9-13,19-20,22-23,26-27,34,36-37,39-41H,1,5-8,14-18,21,24-25,28-33,44H2,(H,45,46)/t36-,37-,39+,40+,41?/m0/s1. The minimum Gasteiger partial charge on any atom is -0.481 e. The van der Waals surface area contributed by atoms with Gasteiger partial charge >= 0.3 is 5.97 Å². The second kappa shape index (κ2) is 18.0. The highest BCUT2D eigenvalue weighted by atomic mass is 16.4. The Bertz CT molecular complexity index is 1210. The van der Waals surface area contributed by atoms with Crippen LogP contribution < -0.4 is 5.73 Å². The van der Waals surface area contributed by atoms with Gasteiger partial charge in [0.15, 0.2) is 0 Å². The molecule has 3 nitrogen and oxygen atoms in total. The van der Waals surface area contributed by atoms with Gasteiger partial charge in [-0.2, -0.15) is 0 Å². The number of carboxylic acid groups (broad SMARTS) is 1. The highest BCUT2D eigenvalue weighted by molar-refractivity contribution is 5.67. The molecule has 2 aromatic carbocycles. The number of aryl methyl sites for hydroxylation is 1. The first-order chi connectivity index (χ1) is 22.6. The lowest BCUT2D eigenvalue weighted by Gasteiger charge is -2.51. The summed E-state index contributed by atoms with van der Waals surface area (Å²) in [4.78, 5) is 12.5. The summed E-state index contributed by atoms with van der Waals surface area (Å²) in [7, 11) is 0. The second-order valence-corrected chi connectivity index (χ2v) is 15.1. The Morgan fingerprint density at radius 2 is 1.54 bits per heavy atom. The van der Waals surface area contributed by atoms with Crippen LogP contribution in [0.2, 0.25) is 0 Å². The Balaban J connectivity index is 1.37. The second-order valence-electron chi connectivity index (χ2n) is 15.1. The van der Waals surface area contributed by atoms with Crippen molar-refractivity contribution in [3.8, 4) is 0 Å². The molecule has 0 bridgehead atoms. The van der Waals surface area contributed by atoms with Gasteiger partial charge in [0.1, 0.15) is 0 Å². The van der Waals surface area contributed by atoms with Gasteiger partial charge in [-0.1, -0.05) is 136 Å². The van der Waals surface area contributed by atoms with Crippen molar-refractivity contribution >= 4 is 5.97 Å². The molecule has 3 heteroatoms. The molecule has 2 fully saturated rings. The lowest BCUT2D eigenvalue weighted by Crippen LogP contribution is -2.46. The quantitative estimate of drug-likeness (QED) is 0.183. The van der Waals surface area contributed by atoms with E-state index in [-0.39, 0.29) is 23.7 Å². The van der Waals surface area contributed by atoms with Gasteiger partial charge in [-0.25, -0.2) is 0 Å². The predicted molar refractivity (Wildman–Crippen MR) is 193 cm³/mol. The highest BCUT2D eigenvalue weighted by Crippen LogP contribution is 2.54. The summed E-state index contributed by atoms with van der Waals surface area (Å²) in [6.07, 6.45) is 31.3. The molecular weight excluding hydrogens is 562 g/mol. The fraction of sp³-hybridized carbons (Fsp3) is 0.605. The molecule has 0 aromatic heterocycles. The molecule has 0 spiro atoms. The summed E-state index contributed by atoms with van der Waals surface area (Å²) in [5, 5.41) is 10.3. The van der Waals surface area contributed by atoms with Crippen molar-refractivity contribution in [2.24, 2.45) is 41.2 Å². The number of hydrogen-bond donors (Lipinski definition) is 2. The molecule has 5 atom stereocenters. The van der Waals surface area contributed by atoms with Crippen LogP contribution >= 0.6 is 0 Å². The number of allylic oxidation sites excluding steroid dienone is 4. The molecule has 0 heterocycles. The number of nitrogens with two attached hydrogens (primary N) is 1. The van der Waals surface area contributed by atoms with Gasteiger partial charge in [0.25, 0.3) is 0 Å². The zero-order valence-corrected chi connectivity index (χ0v) is 28.4. The van der Waals surface area contributed by atoms with Crippen molar-refractivity contribution < 1.29 is 9.90 Å². The van der Waals surface area contributed by atoms with E-state index in [1.807, 2.05) is 0 Å². The van der Waals surface area contributed by atoms with Crippen molar-refractivity contribution in [3.63, 3.8) is 0 Å². The third-order valence-electron chi connectivity index (χ3n) is 12.2. The van der Waals surface area contributed by atoms with Gasteiger partial charge in [0.2, 0.25) is 0 Å². The van der Waals surface area contributed by atoms with Gasteiger partial charge < -0.3 is 10.8 Å². The third kappa shape index (κ3) is 9.46. The maximum absolute atomic E-state index is 12.5. The molecule has 2 aromatic rings. The Hall–Kier alpha value is -2.65. The zero-order valence-electron chi connectivity index (χ0n) is 28.4. The molecule has 2 saturated carbocycles. The molecule has 0 saturated heterocycles. The molecule has 1 unspecified atom stereocenters. The summed E-state index contributed by atoms with van der Waals surface area (Å²) >= 11 is 0. The van der Waals surface area contributed by atoms with E-state index in [0.717, 1.165) is 50.9 Å². The molecule has 3 aliphatic rings. The Morgan fingerprint density at radius 1 is 0.848 bits per heavy atom. The van der Waals surface area contributed by atoms with Crippen LogP contribution in [0.25, 0.3) is 0 Å². The maximum Gasteiger partial charge on any atom is 0.303 e. The van der Waals surface area contributed by atoms with Crippen LogP contribution in [-0.4, -0.2) is 17.6 Å². The first kappa shape index (κ1) is 34.7. The van der Waals surface area contributed by atoms with Crippen LogP contribution in [0.15, 0.2) is 85.0 Å². The molecule has 46 heavy (non-hydrogen) atoms. The molecular formula is C43H61NO2. The fourth-order valence-corrected chi connectivity index (χ4v) is 9.79. The van der Waals surface area contributed by atoms with Gasteiger partial charge in [0.05, 0.1) is 0 Å². The Labute approximate surface area is 280 Å². The van der Waals surface area contributed by atoms with E-state index in [1.165, 1.54) is 75.3 Å². The molecule has 0 aliphatic heterocycles. The first-order valence-corrected chi connectivity index (χ1v) is 18.9. The smallest absolute Gasteiger partial charge is 0.303 e. The molecule has 250 valence electrons. The summed E-state index contributed by atoms with van der Waals surface area (Å²) in [6, 6.07) is 22.0. The van der Waals surface area contributed by atoms with Crippen LogP contribution in [0.1, 0.15) is 120 Å². The lowest BCUT2D eigenvalue weighted by atomic mass is 9.53. The molecule has 0 amide bonds. The summed E-state index contributed by atoms with van der Waals surface area (Å²) in [5.41, 5.74) is 9.18. The maximum atomic E-state index is 12.5. The van der Waals surface area contributed by atoms with Crippen molar-refractivity contribution in [1.29, 1.82) is 0 Å². The normalized spacial score (nSPS) is 25.8. The minimum absolute atomic E-state index is 0.0156. The Kier molecular flexibility index (Phi) is 13.6. The molecule has 5 rings (SSSR count). The van der Waals surface area contributed by atoms with Gasteiger partial charge in [-0.3, -0.25) is 4.79 Å². The minimum atomic E-state index is -0.661. The average molecular weight is 624 g/mol. The van der Waals surface area contributed by atoms with Crippen LogP contribution in [0.4, 0.5) is 0 Å². The van der Waals surface area contributed by atoms with Crippen LogP contribution in [0, 0.1) is 35.5 Å². The van der Waals surface area contributed by atoms with Crippen molar-refractivity contribution in [1.82, 2.24) is 0 Å². The highest BCUT2D eigenvalue weighted by Gasteiger charge is 2.48. The number of carboxylic acids is 1. The molecule has 3 N–H and O–H groups in total. The van der Waals surface area contributed by atoms with Gasteiger partial charge in [-0.05, 0) is 111 Å². The van der Waals surface area contributed by atoms with E-state index >= 15 is 0 Å². The lowest BCUT2D eigenvalue weighted by molar-refractivity contribution is -0.139. The average Bonchev–Trinajstić information content (AvgIpc) is 3.09. The SMILES string of the molecule is NCC[C@@H]1[C@H](C[C@@H](CC=CCCC2CCCCC2)CCc2ccccc2)C=CC(C2(c3ccccc3)CCCCC2)[C@@H]1CC(=O)O. The fourth-order valence-electron chi connectivity index (χ4n) is 9.79. The Morgan fingerprint density at radius 3 is 2.24 bits per heavy atom. The van der Waals surface area contributed by atoms with E-state index in [2.05, 4.69) is 85.0 Å². The van der Waals surface area contributed by atoms with Gasteiger partial charge in [-0.15, -0.1) is 0 Å². The number of aliphatic carboxylic acids is 1. The summed E-state index contributed by atoms with van der Waals surface area (Å²) in [5.74, 6) is 1.86. The van der Waals surface area contributed by atoms with E-state index in [9.17, 15) is 9.90 Å². The number of benzene rings is 2. The van der Waals surface area contributed by atoms with Crippen LogP contribution in [0.5, 0.6) is 0 Å². The van der Waals surface area contributed by atoms with E-state index in [0.29, 0.717) is 24.3 Å². The third-order valence-corrected chi connectivity index (χ3v) is 12.2. The topological polar surface area (TPSA) is 63.3 Å². The van der Waals surface area contributed by atoms with E-state index < -0.39 is 5.97 Å². The van der Waals surface area contributed by atoms with Crippen molar-refractivity contribution in [2.45, 2.75) is 121 Å². The van der Waals surface area contributed by atoms with Gasteiger partial charge in [0, 0.05) is 11.8 Å². The first-order valence-electron chi connectivity index (χ1n) is 18.9. The number of hydrogen-bond acceptors (Lipinski definition) is 2. The van der Waals surface area contributed by atoms with Crippen molar-refractivity contribution in [3.05, 3.63) is 96.1 Å². The number of rotatable bonds is 16. The molecule has 0 radical (unpaired) electrons. The monoisotopic (exact) mass is 623 g/mol. The van der Waals surface area contributed by atoms with E-state index in [1.54, 1.807) is 0 Å². The zero-order chi connectivity index (χ0) is 32.0.